The Labute approximate surface area is 109 Å². The minimum atomic E-state index is 0.0728. The van der Waals surface area contributed by atoms with E-state index in [0.29, 0.717) is 5.78 Å². The van der Waals surface area contributed by atoms with Crippen molar-refractivity contribution >= 4 is 5.78 Å². The number of fused-ring (bicyclic) bond motifs is 1. The van der Waals surface area contributed by atoms with E-state index in [1.807, 2.05) is 12.3 Å². The summed E-state index contributed by atoms with van der Waals surface area (Å²) in [5.74, 6) is 0.772. The largest absolute Gasteiger partial charge is 0.299 e. The maximum absolute atomic E-state index is 12.8. The molecule has 96 valence electrons. The van der Waals surface area contributed by atoms with E-state index >= 15 is 0 Å². The molecular formula is C16H21NO. The number of ketones is 1. The number of rotatable bonds is 2. The summed E-state index contributed by atoms with van der Waals surface area (Å²) in [4.78, 5) is 17.2. The van der Waals surface area contributed by atoms with Crippen molar-refractivity contribution in [2.24, 2.45) is 11.3 Å². The Balaban J connectivity index is 1.87. The van der Waals surface area contributed by atoms with Gasteiger partial charge in [0.25, 0.3) is 0 Å². The van der Waals surface area contributed by atoms with Crippen molar-refractivity contribution in [1.82, 2.24) is 4.98 Å². The standard InChI is InChI=1S/C16H21NO/c1-16(2)9-3-6-13(16)15(18)12-8-7-11-5-4-10-17-14(11)12/h4-5,10,12-13H,3,6-9H2,1-2H3. The molecule has 1 aromatic rings. The van der Waals surface area contributed by atoms with Gasteiger partial charge in [-0.25, -0.2) is 0 Å². The fourth-order valence-electron chi connectivity index (χ4n) is 3.79. The molecule has 0 bridgehead atoms. The third-order valence-corrected chi connectivity index (χ3v) is 4.90. The van der Waals surface area contributed by atoms with Gasteiger partial charge in [-0.15, -0.1) is 0 Å². The molecule has 0 N–H and O–H groups in total. The number of hydrogen-bond acceptors (Lipinski definition) is 2. The number of Topliss-reactive ketones (excluding diaryl/α,β-unsaturated/α-hetero) is 1. The van der Waals surface area contributed by atoms with Gasteiger partial charge in [-0.05, 0) is 42.7 Å². The minimum absolute atomic E-state index is 0.0728. The van der Waals surface area contributed by atoms with E-state index in [1.165, 1.54) is 18.4 Å². The summed E-state index contributed by atoms with van der Waals surface area (Å²) >= 11 is 0. The second kappa shape index (κ2) is 4.18. The molecule has 1 saturated carbocycles. The van der Waals surface area contributed by atoms with Crippen LogP contribution in [0.3, 0.4) is 0 Å². The highest BCUT2D eigenvalue weighted by Gasteiger charge is 2.43. The molecule has 18 heavy (non-hydrogen) atoms. The first-order chi connectivity index (χ1) is 8.59. The van der Waals surface area contributed by atoms with Gasteiger partial charge in [-0.2, -0.15) is 0 Å². The average molecular weight is 243 g/mol. The van der Waals surface area contributed by atoms with Gasteiger partial charge in [-0.3, -0.25) is 9.78 Å². The summed E-state index contributed by atoms with van der Waals surface area (Å²) in [7, 11) is 0. The van der Waals surface area contributed by atoms with Crippen molar-refractivity contribution in [2.75, 3.05) is 0 Å². The van der Waals surface area contributed by atoms with Crippen LogP contribution in [-0.4, -0.2) is 10.8 Å². The molecular weight excluding hydrogens is 222 g/mol. The first-order valence-electron chi connectivity index (χ1n) is 7.07. The maximum atomic E-state index is 12.8. The Hall–Kier alpha value is -1.18. The molecule has 2 aliphatic carbocycles. The van der Waals surface area contributed by atoms with Crippen molar-refractivity contribution in [2.45, 2.75) is 51.9 Å². The Morgan fingerprint density at radius 3 is 2.94 bits per heavy atom. The molecule has 1 aromatic heterocycles. The molecule has 0 aliphatic heterocycles. The Morgan fingerprint density at radius 2 is 2.22 bits per heavy atom. The van der Waals surface area contributed by atoms with Gasteiger partial charge in [0, 0.05) is 12.1 Å². The van der Waals surface area contributed by atoms with Crippen LogP contribution in [0.5, 0.6) is 0 Å². The number of hydrogen-bond donors (Lipinski definition) is 0. The van der Waals surface area contributed by atoms with Gasteiger partial charge < -0.3 is 0 Å². The zero-order valence-electron chi connectivity index (χ0n) is 11.3. The van der Waals surface area contributed by atoms with Gasteiger partial charge in [0.1, 0.15) is 5.78 Å². The van der Waals surface area contributed by atoms with Crippen molar-refractivity contribution < 1.29 is 4.79 Å². The average Bonchev–Trinajstić information content (AvgIpc) is 2.91. The fraction of sp³-hybridized carbons (Fsp3) is 0.625. The van der Waals surface area contributed by atoms with Gasteiger partial charge in [0.05, 0.1) is 11.6 Å². The molecule has 1 fully saturated rings. The molecule has 0 radical (unpaired) electrons. The molecule has 2 unspecified atom stereocenters. The van der Waals surface area contributed by atoms with Crippen LogP contribution in [0, 0.1) is 11.3 Å². The number of aryl methyl sites for hydroxylation is 1. The summed E-state index contributed by atoms with van der Waals surface area (Å²) in [5.41, 5.74) is 2.53. The second-order valence-corrected chi connectivity index (χ2v) is 6.47. The van der Waals surface area contributed by atoms with Gasteiger partial charge >= 0.3 is 0 Å². The molecule has 3 rings (SSSR count). The normalized spacial score (nSPS) is 29.2. The van der Waals surface area contributed by atoms with Crippen LogP contribution in [0.1, 0.15) is 56.7 Å². The lowest BCUT2D eigenvalue weighted by Crippen LogP contribution is -2.29. The van der Waals surface area contributed by atoms with Crippen molar-refractivity contribution in [3.63, 3.8) is 0 Å². The van der Waals surface area contributed by atoms with Crippen LogP contribution in [0.25, 0.3) is 0 Å². The van der Waals surface area contributed by atoms with E-state index in [0.717, 1.165) is 25.0 Å². The predicted molar refractivity (Wildman–Crippen MR) is 71.4 cm³/mol. The lowest BCUT2D eigenvalue weighted by atomic mass is 9.75. The number of carbonyl (C=O) groups is 1. The van der Waals surface area contributed by atoms with Crippen LogP contribution in [0.4, 0.5) is 0 Å². The summed E-state index contributed by atoms with van der Waals surface area (Å²) in [6.45, 7) is 4.49. The maximum Gasteiger partial charge on any atom is 0.145 e. The Bertz CT molecular complexity index is 478. The molecule has 0 amide bonds. The molecule has 2 aliphatic rings. The summed E-state index contributed by atoms with van der Waals surface area (Å²) in [6, 6.07) is 4.10. The third-order valence-electron chi connectivity index (χ3n) is 4.90. The summed E-state index contributed by atoms with van der Waals surface area (Å²) in [6.07, 6.45) is 7.27. The first-order valence-corrected chi connectivity index (χ1v) is 7.07. The highest BCUT2D eigenvalue weighted by atomic mass is 16.1. The SMILES string of the molecule is CC1(C)CCCC1C(=O)C1CCc2cccnc21. The Morgan fingerprint density at radius 1 is 1.39 bits per heavy atom. The number of nitrogens with zero attached hydrogens (tertiary/aromatic N) is 1. The highest BCUT2D eigenvalue weighted by molar-refractivity contribution is 5.89. The summed E-state index contributed by atoms with van der Waals surface area (Å²) in [5, 5.41) is 0. The zero-order valence-corrected chi connectivity index (χ0v) is 11.3. The molecule has 0 spiro atoms. The lowest BCUT2D eigenvalue weighted by molar-refractivity contribution is -0.127. The highest BCUT2D eigenvalue weighted by Crippen LogP contribution is 2.46. The Kier molecular flexibility index (Phi) is 2.76. The van der Waals surface area contributed by atoms with E-state index in [9.17, 15) is 4.79 Å². The molecule has 0 aromatic carbocycles. The van der Waals surface area contributed by atoms with E-state index < -0.39 is 0 Å². The molecule has 2 heteroatoms. The second-order valence-electron chi connectivity index (χ2n) is 6.47. The topological polar surface area (TPSA) is 30.0 Å². The van der Waals surface area contributed by atoms with E-state index in [1.54, 1.807) is 0 Å². The van der Waals surface area contributed by atoms with Crippen molar-refractivity contribution in [3.8, 4) is 0 Å². The monoisotopic (exact) mass is 243 g/mol. The van der Waals surface area contributed by atoms with Gasteiger partial charge in [-0.1, -0.05) is 26.3 Å². The fourth-order valence-corrected chi connectivity index (χ4v) is 3.79. The van der Waals surface area contributed by atoms with Crippen LogP contribution >= 0.6 is 0 Å². The smallest absolute Gasteiger partial charge is 0.145 e. The first kappa shape index (κ1) is 11.9. The quantitative estimate of drug-likeness (QED) is 0.795. The minimum Gasteiger partial charge on any atom is -0.299 e. The predicted octanol–water partition coefficient (Wildman–Crippen LogP) is 3.51. The van der Waals surface area contributed by atoms with Crippen molar-refractivity contribution in [3.05, 3.63) is 29.6 Å². The number of carbonyl (C=O) groups excluding carboxylic acids is 1. The van der Waals surface area contributed by atoms with E-state index in [4.69, 9.17) is 0 Å². The van der Waals surface area contributed by atoms with Gasteiger partial charge in [0.2, 0.25) is 0 Å². The van der Waals surface area contributed by atoms with Crippen LogP contribution in [-0.2, 0) is 11.2 Å². The van der Waals surface area contributed by atoms with E-state index in [-0.39, 0.29) is 17.3 Å². The van der Waals surface area contributed by atoms with Gasteiger partial charge in [0.15, 0.2) is 0 Å². The number of aromatic nitrogens is 1. The van der Waals surface area contributed by atoms with Crippen LogP contribution in [0.2, 0.25) is 0 Å². The van der Waals surface area contributed by atoms with Crippen LogP contribution in [0.15, 0.2) is 18.3 Å². The summed E-state index contributed by atoms with van der Waals surface area (Å²) < 4.78 is 0. The number of pyridine rings is 1. The third kappa shape index (κ3) is 1.79. The molecule has 2 atom stereocenters. The zero-order chi connectivity index (χ0) is 12.8. The van der Waals surface area contributed by atoms with Crippen molar-refractivity contribution in [1.29, 1.82) is 0 Å². The van der Waals surface area contributed by atoms with Crippen LogP contribution < -0.4 is 0 Å². The lowest BCUT2D eigenvalue weighted by Gasteiger charge is -2.27. The van der Waals surface area contributed by atoms with E-state index in [2.05, 4.69) is 24.9 Å². The molecule has 2 nitrogen and oxygen atoms in total. The molecule has 0 saturated heterocycles. The molecule has 1 heterocycles.